The molecule has 1 heterocycles. The van der Waals surface area contributed by atoms with E-state index < -0.39 is 11.4 Å². The molecule has 6 nitrogen and oxygen atoms in total. The van der Waals surface area contributed by atoms with Crippen LogP contribution in [0.5, 0.6) is 0 Å². The molecule has 0 aromatic carbocycles. The second kappa shape index (κ2) is 4.78. The molecule has 0 bridgehead atoms. The zero-order valence-corrected chi connectivity index (χ0v) is 12.2. The molecule has 4 rings (SSSR count). The summed E-state index contributed by atoms with van der Waals surface area (Å²) < 4.78 is 1.80. The van der Waals surface area contributed by atoms with Crippen molar-refractivity contribution < 1.29 is 9.90 Å². The van der Waals surface area contributed by atoms with Gasteiger partial charge in [-0.15, -0.1) is 5.10 Å². The molecule has 3 aliphatic carbocycles. The Balaban J connectivity index is 1.56. The highest BCUT2D eigenvalue weighted by Gasteiger charge is 2.48. The van der Waals surface area contributed by atoms with Gasteiger partial charge in [0.25, 0.3) is 0 Å². The second-order valence-electron chi connectivity index (χ2n) is 7.27. The predicted molar refractivity (Wildman–Crippen MR) is 74.5 cm³/mol. The van der Waals surface area contributed by atoms with Crippen molar-refractivity contribution in [1.29, 1.82) is 0 Å². The predicted octanol–water partition coefficient (Wildman–Crippen LogP) is 2.22. The zero-order chi connectivity index (χ0) is 14.4. The normalized spacial score (nSPS) is 33.6. The van der Waals surface area contributed by atoms with E-state index in [1.54, 1.807) is 4.68 Å². The van der Waals surface area contributed by atoms with Crippen molar-refractivity contribution in [1.82, 2.24) is 20.2 Å². The molecule has 2 atom stereocenters. The van der Waals surface area contributed by atoms with E-state index in [0.717, 1.165) is 49.8 Å². The smallest absolute Gasteiger partial charge is 0.311 e. The molecular formula is C15H22N4O2. The molecule has 0 amide bonds. The number of carboxylic acid groups (broad SMARTS) is 1. The average molecular weight is 290 g/mol. The Morgan fingerprint density at radius 1 is 1.19 bits per heavy atom. The summed E-state index contributed by atoms with van der Waals surface area (Å²) in [6.07, 6.45) is 8.38. The topological polar surface area (TPSA) is 80.9 Å². The van der Waals surface area contributed by atoms with Gasteiger partial charge in [0.2, 0.25) is 0 Å². The number of fused-ring (bicyclic) bond motifs is 1. The van der Waals surface area contributed by atoms with Gasteiger partial charge in [-0.05, 0) is 54.4 Å². The molecule has 0 saturated heterocycles. The van der Waals surface area contributed by atoms with Crippen molar-refractivity contribution in [3.63, 3.8) is 0 Å². The van der Waals surface area contributed by atoms with Gasteiger partial charge in [0.15, 0.2) is 5.82 Å². The van der Waals surface area contributed by atoms with Crippen LogP contribution in [0.25, 0.3) is 0 Å². The van der Waals surface area contributed by atoms with Gasteiger partial charge in [0, 0.05) is 5.92 Å². The van der Waals surface area contributed by atoms with E-state index in [-0.39, 0.29) is 0 Å². The summed E-state index contributed by atoms with van der Waals surface area (Å²) in [6.45, 7) is 0.441. The lowest BCUT2D eigenvalue weighted by Gasteiger charge is -2.33. The standard InChI is InChI=1S/C15H22N4O2/c20-14(21)15(4-2-1-3-5-15)9-19-13(16-17-18-19)12-7-10-6-11(10)8-12/h10-12H,1-9H2,(H,20,21). The first-order valence-electron chi connectivity index (χ1n) is 8.17. The summed E-state index contributed by atoms with van der Waals surface area (Å²) in [4.78, 5) is 11.8. The minimum absolute atomic E-state index is 0.441. The Hall–Kier alpha value is -1.46. The maximum absolute atomic E-state index is 11.8. The second-order valence-corrected chi connectivity index (χ2v) is 7.27. The van der Waals surface area contributed by atoms with Crippen molar-refractivity contribution in [3.8, 4) is 0 Å². The number of rotatable bonds is 4. The number of aromatic nitrogens is 4. The first-order chi connectivity index (χ1) is 10.2. The molecule has 1 aromatic heterocycles. The van der Waals surface area contributed by atoms with Gasteiger partial charge in [0.05, 0.1) is 12.0 Å². The average Bonchev–Trinajstić information content (AvgIpc) is 2.88. The number of aliphatic carboxylic acids is 1. The van der Waals surface area contributed by atoms with Gasteiger partial charge in [-0.1, -0.05) is 19.3 Å². The SMILES string of the molecule is O=C(O)C1(Cn2nnnc2C2CC3CC3C2)CCCCC1. The van der Waals surface area contributed by atoms with Crippen molar-refractivity contribution in [3.05, 3.63) is 5.82 Å². The van der Waals surface area contributed by atoms with E-state index in [2.05, 4.69) is 15.5 Å². The molecule has 3 fully saturated rings. The summed E-state index contributed by atoms with van der Waals surface area (Å²) in [5.41, 5.74) is -0.663. The van der Waals surface area contributed by atoms with Crippen molar-refractivity contribution in [2.45, 2.75) is 63.8 Å². The third-order valence-corrected chi connectivity index (χ3v) is 5.89. The highest BCUT2D eigenvalue weighted by molar-refractivity contribution is 5.74. The molecule has 114 valence electrons. The first kappa shape index (κ1) is 13.2. The largest absolute Gasteiger partial charge is 0.481 e. The lowest BCUT2D eigenvalue weighted by molar-refractivity contribution is -0.152. The van der Waals surface area contributed by atoms with Crippen LogP contribution in [0.4, 0.5) is 0 Å². The number of nitrogens with zero attached hydrogens (tertiary/aromatic N) is 4. The van der Waals surface area contributed by atoms with Gasteiger partial charge in [-0.25, -0.2) is 4.68 Å². The maximum Gasteiger partial charge on any atom is 0.311 e. The van der Waals surface area contributed by atoms with E-state index in [9.17, 15) is 9.90 Å². The Bertz CT molecular complexity index is 540. The van der Waals surface area contributed by atoms with Crippen LogP contribution in [0.2, 0.25) is 0 Å². The van der Waals surface area contributed by atoms with Crippen molar-refractivity contribution in [2.75, 3.05) is 0 Å². The lowest BCUT2D eigenvalue weighted by atomic mass is 9.74. The zero-order valence-electron chi connectivity index (χ0n) is 12.2. The van der Waals surface area contributed by atoms with E-state index in [1.165, 1.54) is 19.3 Å². The van der Waals surface area contributed by atoms with Gasteiger partial charge < -0.3 is 5.11 Å². The Morgan fingerprint density at radius 2 is 1.90 bits per heavy atom. The molecule has 2 unspecified atom stereocenters. The number of carboxylic acids is 1. The van der Waals surface area contributed by atoms with Gasteiger partial charge in [-0.3, -0.25) is 4.79 Å². The molecule has 0 aliphatic heterocycles. The van der Waals surface area contributed by atoms with Gasteiger partial charge in [0.1, 0.15) is 0 Å². The molecule has 21 heavy (non-hydrogen) atoms. The monoisotopic (exact) mass is 290 g/mol. The molecule has 3 saturated carbocycles. The molecule has 6 heteroatoms. The van der Waals surface area contributed by atoms with Crippen LogP contribution in [0, 0.1) is 17.3 Å². The molecule has 1 N–H and O–H groups in total. The number of carbonyl (C=O) groups is 1. The minimum Gasteiger partial charge on any atom is -0.481 e. The Morgan fingerprint density at radius 3 is 2.57 bits per heavy atom. The third kappa shape index (κ3) is 2.24. The number of hydrogen-bond donors (Lipinski definition) is 1. The van der Waals surface area contributed by atoms with Crippen molar-refractivity contribution >= 4 is 5.97 Å². The maximum atomic E-state index is 11.8. The number of tetrazole rings is 1. The Kier molecular flexibility index (Phi) is 3.01. The summed E-state index contributed by atoms with van der Waals surface area (Å²) in [5.74, 6) is 2.44. The summed E-state index contributed by atoms with van der Waals surface area (Å²) in [5, 5.41) is 21.9. The number of hydrogen-bond acceptors (Lipinski definition) is 4. The molecule has 1 aromatic rings. The van der Waals surface area contributed by atoms with E-state index >= 15 is 0 Å². The van der Waals surface area contributed by atoms with Gasteiger partial charge >= 0.3 is 5.97 Å². The minimum atomic E-state index is -0.682. The van der Waals surface area contributed by atoms with Crippen LogP contribution in [-0.4, -0.2) is 31.3 Å². The fraction of sp³-hybridized carbons (Fsp3) is 0.867. The summed E-state index contributed by atoms with van der Waals surface area (Å²) >= 11 is 0. The highest BCUT2D eigenvalue weighted by Crippen LogP contribution is 2.57. The summed E-state index contributed by atoms with van der Waals surface area (Å²) in [7, 11) is 0. The summed E-state index contributed by atoms with van der Waals surface area (Å²) in [6, 6.07) is 0. The van der Waals surface area contributed by atoms with E-state index in [0.29, 0.717) is 12.5 Å². The molecule has 3 aliphatic rings. The van der Waals surface area contributed by atoms with Gasteiger partial charge in [-0.2, -0.15) is 0 Å². The van der Waals surface area contributed by atoms with Crippen LogP contribution in [0.1, 0.15) is 63.1 Å². The molecule has 0 spiro atoms. The molecule has 0 radical (unpaired) electrons. The fourth-order valence-corrected chi connectivity index (χ4v) is 4.50. The Labute approximate surface area is 123 Å². The quantitative estimate of drug-likeness (QED) is 0.919. The van der Waals surface area contributed by atoms with Crippen LogP contribution >= 0.6 is 0 Å². The van der Waals surface area contributed by atoms with Crippen LogP contribution in [0.3, 0.4) is 0 Å². The lowest BCUT2D eigenvalue weighted by Crippen LogP contribution is -2.38. The van der Waals surface area contributed by atoms with Crippen LogP contribution in [0.15, 0.2) is 0 Å². The highest BCUT2D eigenvalue weighted by atomic mass is 16.4. The first-order valence-corrected chi connectivity index (χ1v) is 8.17. The molecular weight excluding hydrogens is 268 g/mol. The van der Waals surface area contributed by atoms with E-state index in [4.69, 9.17) is 0 Å². The van der Waals surface area contributed by atoms with Crippen molar-refractivity contribution in [2.24, 2.45) is 17.3 Å². The van der Waals surface area contributed by atoms with Crippen LogP contribution in [-0.2, 0) is 11.3 Å². The third-order valence-electron chi connectivity index (χ3n) is 5.89. The fourth-order valence-electron chi connectivity index (χ4n) is 4.50. The van der Waals surface area contributed by atoms with E-state index in [1.807, 2.05) is 0 Å². The van der Waals surface area contributed by atoms with Crippen LogP contribution < -0.4 is 0 Å².